The monoisotopic (exact) mass is 250 g/mol. The largest absolute Gasteiger partial charge is 0.299 e. The number of ketones is 1. The summed E-state index contributed by atoms with van der Waals surface area (Å²) in [6.45, 7) is 4.28. The first-order chi connectivity index (χ1) is 8.67. The molecule has 0 aromatic heterocycles. The normalized spacial score (nSPS) is 12.4. The van der Waals surface area contributed by atoms with Crippen LogP contribution in [0.3, 0.4) is 0 Å². The van der Waals surface area contributed by atoms with Crippen molar-refractivity contribution in [3.63, 3.8) is 0 Å². The van der Waals surface area contributed by atoms with E-state index in [1.54, 1.807) is 18.2 Å². The van der Waals surface area contributed by atoms with Crippen LogP contribution in [0, 0.1) is 11.7 Å². The van der Waals surface area contributed by atoms with E-state index < -0.39 is 0 Å². The number of rotatable bonds is 8. The number of hydrogen-bond donors (Lipinski definition) is 0. The Balaban J connectivity index is 2.48. The third kappa shape index (κ3) is 4.99. The summed E-state index contributed by atoms with van der Waals surface area (Å²) < 4.78 is 13.4. The summed E-state index contributed by atoms with van der Waals surface area (Å²) in [5, 5.41) is 0. The highest BCUT2D eigenvalue weighted by Crippen LogP contribution is 2.18. The molecule has 0 spiro atoms. The molecule has 1 unspecified atom stereocenters. The number of hydrogen-bond acceptors (Lipinski definition) is 1. The molecule has 0 saturated carbocycles. The minimum Gasteiger partial charge on any atom is -0.299 e. The van der Waals surface area contributed by atoms with E-state index in [0.29, 0.717) is 17.9 Å². The van der Waals surface area contributed by atoms with Crippen LogP contribution in [0.1, 0.15) is 51.5 Å². The molecule has 1 rings (SSSR count). The zero-order valence-electron chi connectivity index (χ0n) is 11.4. The molecule has 0 aliphatic heterocycles. The van der Waals surface area contributed by atoms with Crippen molar-refractivity contribution >= 4 is 5.78 Å². The molecule has 1 atom stereocenters. The van der Waals surface area contributed by atoms with E-state index in [1.165, 1.54) is 12.5 Å². The van der Waals surface area contributed by atoms with Crippen LogP contribution in [0.25, 0.3) is 0 Å². The number of benzene rings is 1. The summed E-state index contributed by atoms with van der Waals surface area (Å²) in [6.07, 6.45) is 5.29. The number of halogens is 1. The Morgan fingerprint density at radius 3 is 2.61 bits per heavy atom. The fourth-order valence-corrected chi connectivity index (χ4v) is 2.19. The topological polar surface area (TPSA) is 17.1 Å². The van der Waals surface area contributed by atoms with Gasteiger partial charge in [0.15, 0.2) is 0 Å². The summed E-state index contributed by atoms with van der Waals surface area (Å²) in [7, 11) is 0. The molecule has 1 nitrogen and oxygen atoms in total. The van der Waals surface area contributed by atoms with Crippen LogP contribution in [0.15, 0.2) is 24.3 Å². The van der Waals surface area contributed by atoms with Gasteiger partial charge in [0.1, 0.15) is 11.6 Å². The number of unbranched alkanes of at least 4 members (excludes halogenated alkanes) is 1. The highest BCUT2D eigenvalue weighted by Gasteiger charge is 2.13. The second-order valence-electron chi connectivity index (χ2n) is 4.93. The maximum absolute atomic E-state index is 13.4. The maximum atomic E-state index is 13.4. The Morgan fingerprint density at radius 2 is 2.00 bits per heavy atom. The fraction of sp³-hybridized carbons (Fsp3) is 0.562. The highest BCUT2D eigenvalue weighted by atomic mass is 19.1. The summed E-state index contributed by atoms with van der Waals surface area (Å²) in [5.74, 6) is 0.347. The van der Waals surface area contributed by atoms with Crippen molar-refractivity contribution in [3.8, 4) is 0 Å². The Bertz CT molecular complexity index is 373. The zero-order chi connectivity index (χ0) is 13.4. The lowest BCUT2D eigenvalue weighted by atomic mass is 9.92. The first kappa shape index (κ1) is 14.9. The molecular weight excluding hydrogens is 227 g/mol. The van der Waals surface area contributed by atoms with Crippen molar-refractivity contribution in [1.82, 2.24) is 0 Å². The Labute approximate surface area is 109 Å². The van der Waals surface area contributed by atoms with E-state index in [4.69, 9.17) is 0 Å². The van der Waals surface area contributed by atoms with Gasteiger partial charge in [-0.15, -0.1) is 0 Å². The van der Waals surface area contributed by atoms with Gasteiger partial charge in [0.2, 0.25) is 0 Å². The summed E-state index contributed by atoms with van der Waals surface area (Å²) in [5.41, 5.74) is 0.521. The molecule has 0 aliphatic rings. The smallest absolute Gasteiger partial charge is 0.137 e. The fourth-order valence-electron chi connectivity index (χ4n) is 2.19. The van der Waals surface area contributed by atoms with Gasteiger partial charge in [0, 0.05) is 12.8 Å². The molecule has 0 saturated heterocycles. The SMILES string of the molecule is CCCCC(CC)CC(=O)Cc1ccccc1F. The van der Waals surface area contributed by atoms with Gasteiger partial charge in [0.25, 0.3) is 0 Å². The van der Waals surface area contributed by atoms with Gasteiger partial charge in [-0.05, 0) is 17.5 Å². The van der Waals surface area contributed by atoms with Crippen LogP contribution in [0.2, 0.25) is 0 Å². The van der Waals surface area contributed by atoms with Gasteiger partial charge in [-0.3, -0.25) is 4.79 Å². The Kier molecular flexibility index (Phi) is 6.63. The predicted molar refractivity (Wildman–Crippen MR) is 73.0 cm³/mol. The molecule has 2 heteroatoms. The summed E-state index contributed by atoms with van der Waals surface area (Å²) in [6, 6.07) is 6.54. The Morgan fingerprint density at radius 1 is 1.28 bits per heavy atom. The van der Waals surface area contributed by atoms with E-state index in [-0.39, 0.29) is 18.0 Å². The van der Waals surface area contributed by atoms with Crippen molar-refractivity contribution in [3.05, 3.63) is 35.6 Å². The average molecular weight is 250 g/mol. The lowest BCUT2D eigenvalue weighted by Gasteiger charge is -2.13. The van der Waals surface area contributed by atoms with Gasteiger partial charge < -0.3 is 0 Å². The van der Waals surface area contributed by atoms with E-state index in [9.17, 15) is 9.18 Å². The van der Waals surface area contributed by atoms with Crippen molar-refractivity contribution in [1.29, 1.82) is 0 Å². The summed E-state index contributed by atoms with van der Waals surface area (Å²) >= 11 is 0. The highest BCUT2D eigenvalue weighted by molar-refractivity contribution is 5.81. The van der Waals surface area contributed by atoms with E-state index >= 15 is 0 Å². The average Bonchev–Trinajstić information content (AvgIpc) is 2.37. The summed E-state index contributed by atoms with van der Waals surface area (Å²) in [4.78, 5) is 11.9. The molecule has 0 bridgehead atoms. The maximum Gasteiger partial charge on any atom is 0.137 e. The van der Waals surface area contributed by atoms with Crippen LogP contribution < -0.4 is 0 Å². The second-order valence-corrected chi connectivity index (χ2v) is 4.93. The first-order valence-electron chi connectivity index (χ1n) is 6.92. The molecule has 18 heavy (non-hydrogen) atoms. The predicted octanol–water partition coefficient (Wildman–Crippen LogP) is 4.54. The molecule has 0 fully saturated rings. The molecule has 0 N–H and O–H groups in total. The van der Waals surface area contributed by atoms with Gasteiger partial charge >= 0.3 is 0 Å². The van der Waals surface area contributed by atoms with Gasteiger partial charge in [-0.25, -0.2) is 4.39 Å². The molecule has 1 aromatic rings. The molecule has 0 amide bonds. The van der Waals surface area contributed by atoms with E-state index in [1.807, 2.05) is 0 Å². The van der Waals surface area contributed by atoms with Gasteiger partial charge in [-0.1, -0.05) is 57.7 Å². The standard InChI is InChI=1S/C16H23FO/c1-3-5-8-13(4-2)11-15(18)12-14-9-6-7-10-16(14)17/h6-7,9-10,13H,3-5,8,11-12H2,1-2H3. The van der Waals surface area contributed by atoms with Crippen LogP contribution in [-0.4, -0.2) is 5.78 Å². The lowest BCUT2D eigenvalue weighted by molar-refractivity contribution is -0.119. The lowest BCUT2D eigenvalue weighted by Crippen LogP contribution is -2.11. The van der Waals surface area contributed by atoms with Crippen LogP contribution >= 0.6 is 0 Å². The minimum atomic E-state index is -0.271. The Hall–Kier alpha value is -1.18. The van der Waals surface area contributed by atoms with Crippen molar-refractivity contribution in [2.24, 2.45) is 5.92 Å². The van der Waals surface area contributed by atoms with E-state index in [0.717, 1.165) is 19.3 Å². The van der Waals surface area contributed by atoms with E-state index in [2.05, 4.69) is 13.8 Å². The molecule has 0 aliphatic carbocycles. The van der Waals surface area contributed by atoms with Crippen LogP contribution in [0.5, 0.6) is 0 Å². The van der Waals surface area contributed by atoms with Crippen LogP contribution in [0.4, 0.5) is 4.39 Å². The number of Topliss-reactive ketones (excluding diaryl/α,β-unsaturated/α-hetero) is 1. The van der Waals surface area contributed by atoms with Crippen molar-refractivity contribution in [2.75, 3.05) is 0 Å². The second kappa shape index (κ2) is 8.02. The van der Waals surface area contributed by atoms with Gasteiger partial charge in [-0.2, -0.15) is 0 Å². The molecule has 1 aromatic carbocycles. The molecule has 100 valence electrons. The zero-order valence-corrected chi connectivity index (χ0v) is 11.4. The van der Waals surface area contributed by atoms with Crippen molar-refractivity contribution < 1.29 is 9.18 Å². The third-order valence-electron chi connectivity index (χ3n) is 3.41. The van der Waals surface area contributed by atoms with Crippen LogP contribution in [-0.2, 0) is 11.2 Å². The quantitative estimate of drug-likeness (QED) is 0.661. The van der Waals surface area contributed by atoms with Gasteiger partial charge in [0.05, 0.1) is 0 Å². The molecular formula is C16H23FO. The minimum absolute atomic E-state index is 0.156. The first-order valence-corrected chi connectivity index (χ1v) is 6.92. The number of carbonyl (C=O) groups excluding carboxylic acids is 1. The third-order valence-corrected chi connectivity index (χ3v) is 3.41. The number of carbonyl (C=O) groups is 1. The van der Waals surface area contributed by atoms with Crippen molar-refractivity contribution in [2.45, 2.75) is 52.4 Å². The molecule has 0 heterocycles. The molecule has 0 radical (unpaired) electrons.